The summed E-state index contributed by atoms with van der Waals surface area (Å²) < 4.78 is 23.9. The van der Waals surface area contributed by atoms with E-state index in [-0.39, 0.29) is 12.2 Å². The number of carboxylic acids is 1. The molecule has 0 fully saturated rings. The summed E-state index contributed by atoms with van der Waals surface area (Å²) in [6.45, 7) is 5.36. The van der Waals surface area contributed by atoms with E-state index in [9.17, 15) is 14.3 Å². The monoisotopic (exact) mass is 316 g/mol. The van der Waals surface area contributed by atoms with E-state index in [1.807, 2.05) is 0 Å². The highest BCUT2D eigenvalue weighted by Gasteiger charge is 2.26. The largest absolute Gasteiger partial charge is 0.497 e. The van der Waals surface area contributed by atoms with E-state index in [1.165, 1.54) is 25.3 Å². The zero-order valence-corrected chi connectivity index (χ0v) is 12.9. The Labute approximate surface area is 133 Å². The number of allylic oxidation sites excluding steroid dienone is 6. The molecule has 1 N–H and O–H groups in total. The number of rotatable bonds is 5. The maximum atomic E-state index is 13.3. The van der Waals surface area contributed by atoms with Gasteiger partial charge in [0.05, 0.1) is 12.7 Å². The zero-order valence-electron chi connectivity index (χ0n) is 12.9. The number of benzene rings is 1. The SMILES string of the molecule is C=C(C=CC(F)=CC)C1=C(C(=O)O)COc2ccc(OC)cc21. The zero-order chi connectivity index (χ0) is 17.0. The van der Waals surface area contributed by atoms with Gasteiger partial charge in [-0.3, -0.25) is 0 Å². The molecule has 23 heavy (non-hydrogen) atoms. The molecule has 0 saturated carbocycles. The van der Waals surface area contributed by atoms with E-state index >= 15 is 0 Å². The molecular formula is C18H17FO4. The van der Waals surface area contributed by atoms with Crippen LogP contribution >= 0.6 is 0 Å². The van der Waals surface area contributed by atoms with E-state index in [0.29, 0.717) is 28.2 Å². The second-order valence-corrected chi connectivity index (χ2v) is 4.84. The summed E-state index contributed by atoms with van der Waals surface area (Å²) >= 11 is 0. The van der Waals surface area contributed by atoms with Crippen LogP contribution in [-0.4, -0.2) is 24.8 Å². The number of hydrogen-bond acceptors (Lipinski definition) is 3. The molecule has 0 atom stereocenters. The number of carbonyl (C=O) groups is 1. The van der Waals surface area contributed by atoms with Gasteiger partial charge in [-0.05, 0) is 36.8 Å². The van der Waals surface area contributed by atoms with Crippen molar-refractivity contribution in [2.75, 3.05) is 13.7 Å². The highest BCUT2D eigenvalue weighted by Crippen LogP contribution is 2.39. The Balaban J connectivity index is 2.57. The van der Waals surface area contributed by atoms with E-state index in [0.717, 1.165) is 0 Å². The van der Waals surface area contributed by atoms with E-state index in [4.69, 9.17) is 9.47 Å². The highest BCUT2D eigenvalue weighted by molar-refractivity contribution is 6.03. The summed E-state index contributed by atoms with van der Waals surface area (Å²) in [5.74, 6) is -0.434. The van der Waals surface area contributed by atoms with Crippen LogP contribution in [-0.2, 0) is 4.79 Å². The molecule has 0 aromatic heterocycles. The van der Waals surface area contributed by atoms with Crippen LogP contribution in [0.2, 0.25) is 0 Å². The second kappa shape index (κ2) is 6.96. The number of hydrogen-bond donors (Lipinski definition) is 1. The third-order valence-electron chi connectivity index (χ3n) is 3.43. The third kappa shape index (κ3) is 3.51. The lowest BCUT2D eigenvalue weighted by molar-refractivity contribution is -0.133. The van der Waals surface area contributed by atoms with Crippen molar-refractivity contribution in [1.29, 1.82) is 0 Å². The number of methoxy groups -OCH3 is 1. The number of carboxylic acid groups (broad SMARTS) is 1. The molecule has 1 aromatic carbocycles. The standard InChI is InChI=1S/C18H17FO4/c1-4-12(19)6-5-11(2)17-14-9-13(22-3)7-8-16(14)23-10-15(17)18(20)21/h4-9H,2,10H2,1,3H3,(H,20,21). The van der Waals surface area contributed by atoms with Gasteiger partial charge in [-0.2, -0.15) is 0 Å². The lowest BCUT2D eigenvalue weighted by Crippen LogP contribution is -2.18. The average Bonchev–Trinajstić information content (AvgIpc) is 2.57. The first-order valence-corrected chi connectivity index (χ1v) is 6.94. The predicted molar refractivity (Wildman–Crippen MR) is 86.2 cm³/mol. The molecule has 1 aliphatic heterocycles. The highest BCUT2D eigenvalue weighted by atomic mass is 19.1. The lowest BCUT2D eigenvalue weighted by Gasteiger charge is -2.23. The molecule has 2 rings (SSSR count). The van der Waals surface area contributed by atoms with Crippen molar-refractivity contribution in [2.45, 2.75) is 6.92 Å². The molecule has 0 bridgehead atoms. The minimum atomic E-state index is -1.10. The summed E-state index contributed by atoms with van der Waals surface area (Å²) in [5.41, 5.74) is 1.43. The van der Waals surface area contributed by atoms with Crippen LogP contribution in [0.1, 0.15) is 12.5 Å². The van der Waals surface area contributed by atoms with Crippen molar-refractivity contribution in [3.05, 3.63) is 65.5 Å². The maximum absolute atomic E-state index is 13.3. The minimum absolute atomic E-state index is 0.0706. The van der Waals surface area contributed by atoms with E-state index < -0.39 is 11.8 Å². The van der Waals surface area contributed by atoms with Gasteiger partial charge in [-0.25, -0.2) is 9.18 Å². The average molecular weight is 316 g/mol. The molecule has 0 saturated heterocycles. The van der Waals surface area contributed by atoms with Crippen molar-refractivity contribution in [3.8, 4) is 11.5 Å². The quantitative estimate of drug-likeness (QED) is 0.837. The van der Waals surface area contributed by atoms with Crippen LogP contribution in [0.15, 0.2) is 60.0 Å². The summed E-state index contributed by atoms with van der Waals surface area (Å²) in [7, 11) is 1.52. The van der Waals surface area contributed by atoms with Crippen molar-refractivity contribution < 1.29 is 23.8 Å². The number of aliphatic carboxylic acids is 1. The molecule has 5 heteroatoms. The number of halogens is 1. The van der Waals surface area contributed by atoms with E-state index in [2.05, 4.69) is 6.58 Å². The number of ether oxygens (including phenoxy) is 2. The Morgan fingerprint density at radius 3 is 2.78 bits per heavy atom. The van der Waals surface area contributed by atoms with Gasteiger partial charge in [0.25, 0.3) is 0 Å². The van der Waals surface area contributed by atoms with Gasteiger partial charge in [-0.15, -0.1) is 0 Å². The molecule has 0 unspecified atom stereocenters. The van der Waals surface area contributed by atoms with Gasteiger partial charge >= 0.3 is 5.97 Å². The first kappa shape index (κ1) is 16.5. The van der Waals surface area contributed by atoms with Gasteiger partial charge in [0.1, 0.15) is 23.9 Å². The Morgan fingerprint density at radius 2 is 2.17 bits per heavy atom. The first-order valence-electron chi connectivity index (χ1n) is 6.94. The van der Waals surface area contributed by atoms with Gasteiger partial charge in [-0.1, -0.05) is 18.7 Å². The Bertz CT molecular complexity index is 741. The normalized spacial score (nSPS) is 14.5. The molecule has 0 amide bonds. The number of fused-ring (bicyclic) bond motifs is 1. The van der Waals surface area contributed by atoms with Crippen molar-refractivity contribution in [1.82, 2.24) is 0 Å². The topological polar surface area (TPSA) is 55.8 Å². The minimum Gasteiger partial charge on any atom is -0.497 e. The van der Waals surface area contributed by atoms with Crippen LogP contribution < -0.4 is 9.47 Å². The van der Waals surface area contributed by atoms with Crippen LogP contribution in [0.25, 0.3) is 5.57 Å². The van der Waals surface area contributed by atoms with Crippen LogP contribution in [0.3, 0.4) is 0 Å². The summed E-state index contributed by atoms with van der Waals surface area (Å²) in [4.78, 5) is 11.5. The Morgan fingerprint density at radius 1 is 1.43 bits per heavy atom. The molecule has 0 aliphatic carbocycles. The molecule has 1 heterocycles. The molecule has 120 valence electrons. The summed E-state index contributed by atoms with van der Waals surface area (Å²) in [6, 6.07) is 5.11. The lowest BCUT2D eigenvalue weighted by atomic mass is 9.91. The van der Waals surface area contributed by atoms with Crippen molar-refractivity contribution >= 4 is 11.5 Å². The maximum Gasteiger partial charge on any atom is 0.335 e. The summed E-state index contributed by atoms with van der Waals surface area (Å²) in [5, 5.41) is 9.41. The molecule has 1 aliphatic rings. The Kier molecular flexibility index (Phi) is 5.01. The van der Waals surface area contributed by atoms with Gasteiger partial charge in [0.15, 0.2) is 0 Å². The van der Waals surface area contributed by atoms with Gasteiger partial charge in [0.2, 0.25) is 0 Å². The molecule has 0 spiro atoms. The molecule has 0 radical (unpaired) electrons. The van der Waals surface area contributed by atoms with Gasteiger partial charge in [0, 0.05) is 11.1 Å². The third-order valence-corrected chi connectivity index (χ3v) is 3.43. The molecule has 4 nitrogen and oxygen atoms in total. The van der Waals surface area contributed by atoms with Crippen LogP contribution in [0.5, 0.6) is 11.5 Å². The fourth-order valence-corrected chi connectivity index (χ4v) is 2.24. The van der Waals surface area contributed by atoms with Crippen LogP contribution in [0.4, 0.5) is 4.39 Å². The predicted octanol–water partition coefficient (Wildman–Crippen LogP) is 3.91. The van der Waals surface area contributed by atoms with E-state index in [1.54, 1.807) is 25.1 Å². The van der Waals surface area contributed by atoms with Crippen molar-refractivity contribution in [2.24, 2.45) is 0 Å². The fourth-order valence-electron chi connectivity index (χ4n) is 2.24. The summed E-state index contributed by atoms with van der Waals surface area (Å²) in [6.07, 6.45) is 3.99. The van der Waals surface area contributed by atoms with Crippen LogP contribution in [0, 0.1) is 0 Å². The Hall–Kier alpha value is -2.82. The molecular weight excluding hydrogens is 299 g/mol. The van der Waals surface area contributed by atoms with Crippen molar-refractivity contribution in [3.63, 3.8) is 0 Å². The molecule has 1 aromatic rings. The van der Waals surface area contributed by atoms with Gasteiger partial charge < -0.3 is 14.6 Å². The fraction of sp³-hybridized carbons (Fsp3) is 0.167. The second-order valence-electron chi connectivity index (χ2n) is 4.84. The smallest absolute Gasteiger partial charge is 0.335 e. The first-order chi connectivity index (χ1) is 11.0.